The number of nitrogens with zero attached hydrogens (tertiary/aromatic N) is 1. The van der Waals surface area contributed by atoms with E-state index in [1.807, 2.05) is 0 Å². The molecule has 0 atom stereocenters. The fourth-order valence-electron chi connectivity index (χ4n) is 1.62. The van der Waals surface area contributed by atoms with Crippen molar-refractivity contribution in [3.63, 3.8) is 0 Å². The summed E-state index contributed by atoms with van der Waals surface area (Å²) in [5, 5.41) is 18.8. The van der Waals surface area contributed by atoms with E-state index in [0.717, 1.165) is 0 Å². The Morgan fingerprint density at radius 3 is 2.73 bits per heavy atom. The highest BCUT2D eigenvalue weighted by Crippen LogP contribution is 2.24. The zero-order valence-corrected chi connectivity index (χ0v) is 8.47. The van der Waals surface area contributed by atoms with Crippen LogP contribution in [0.3, 0.4) is 0 Å². The summed E-state index contributed by atoms with van der Waals surface area (Å²) < 4.78 is 0. The number of aliphatic hydroxyl groups excluding tert-OH is 1. The van der Waals surface area contributed by atoms with E-state index in [1.165, 1.54) is 4.90 Å². The monoisotopic (exact) mass is 207 g/mol. The number of carbonyl (C=O) groups is 1. The molecule has 4 nitrogen and oxygen atoms in total. The predicted octanol–water partition coefficient (Wildman–Crippen LogP) is 0.517. The van der Waals surface area contributed by atoms with Gasteiger partial charge in [-0.2, -0.15) is 0 Å². The fraction of sp³-hybridized carbons (Fsp3) is 0.364. The molecule has 1 aliphatic heterocycles. The van der Waals surface area contributed by atoms with Gasteiger partial charge in [-0.1, -0.05) is 12.1 Å². The van der Waals surface area contributed by atoms with Crippen molar-refractivity contribution in [1.82, 2.24) is 4.90 Å². The standard InChI is InChI=1S/C11H13NO3/c1-7-3-2-4-9(10(7)14)11(15)12-5-8(13)6-12/h2-4,8,13-14H,5-6H2,1H3. The van der Waals surface area contributed by atoms with Crippen LogP contribution in [0.25, 0.3) is 0 Å². The zero-order chi connectivity index (χ0) is 11.0. The van der Waals surface area contributed by atoms with Gasteiger partial charge in [0, 0.05) is 13.1 Å². The van der Waals surface area contributed by atoms with E-state index in [4.69, 9.17) is 5.11 Å². The number of likely N-dealkylation sites (tertiary alicyclic amines) is 1. The molecule has 0 bridgehead atoms. The van der Waals surface area contributed by atoms with Crippen molar-refractivity contribution in [2.24, 2.45) is 0 Å². The quantitative estimate of drug-likeness (QED) is 0.705. The second kappa shape index (κ2) is 3.55. The van der Waals surface area contributed by atoms with Crippen LogP contribution >= 0.6 is 0 Å². The van der Waals surface area contributed by atoms with Crippen LogP contribution in [0.15, 0.2) is 18.2 Å². The Morgan fingerprint density at radius 2 is 2.13 bits per heavy atom. The van der Waals surface area contributed by atoms with Gasteiger partial charge in [0.15, 0.2) is 0 Å². The second-order valence-electron chi connectivity index (χ2n) is 3.84. The van der Waals surface area contributed by atoms with E-state index in [1.54, 1.807) is 25.1 Å². The largest absolute Gasteiger partial charge is 0.507 e. The van der Waals surface area contributed by atoms with Gasteiger partial charge >= 0.3 is 0 Å². The number of phenols is 1. The number of benzene rings is 1. The highest BCUT2D eigenvalue weighted by molar-refractivity contribution is 5.97. The maximum atomic E-state index is 11.8. The van der Waals surface area contributed by atoms with Gasteiger partial charge in [0.2, 0.25) is 0 Å². The molecule has 0 aliphatic carbocycles. The summed E-state index contributed by atoms with van der Waals surface area (Å²) >= 11 is 0. The third kappa shape index (κ3) is 1.68. The van der Waals surface area contributed by atoms with Crippen LogP contribution in [0.4, 0.5) is 0 Å². The maximum absolute atomic E-state index is 11.8. The molecule has 1 saturated heterocycles. The van der Waals surface area contributed by atoms with Crippen molar-refractivity contribution in [2.45, 2.75) is 13.0 Å². The molecule has 1 heterocycles. The lowest BCUT2D eigenvalue weighted by Crippen LogP contribution is -2.53. The molecule has 1 aliphatic rings. The van der Waals surface area contributed by atoms with Crippen LogP contribution < -0.4 is 0 Å². The van der Waals surface area contributed by atoms with Gasteiger partial charge in [-0.25, -0.2) is 0 Å². The number of aromatic hydroxyl groups is 1. The summed E-state index contributed by atoms with van der Waals surface area (Å²) in [6.07, 6.45) is -0.416. The maximum Gasteiger partial charge on any atom is 0.257 e. The van der Waals surface area contributed by atoms with E-state index < -0.39 is 6.10 Å². The molecule has 0 saturated carbocycles. The molecule has 1 aromatic carbocycles. The van der Waals surface area contributed by atoms with Gasteiger partial charge in [0.05, 0.1) is 11.7 Å². The lowest BCUT2D eigenvalue weighted by Gasteiger charge is -2.36. The van der Waals surface area contributed by atoms with Crippen molar-refractivity contribution in [1.29, 1.82) is 0 Å². The van der Waals surface area contributed by atoms with Crippen molar-refractivity contribution in [3.8, 4) is 5.75 Å². The average molecular weight is 207 g/mol. The SMILES string of the molecule is Cc1cccc(C(=O)N2CC(O)C2)c1O. The normalized spacial score (nSPS) is 16.3. The van der Waals surface area contributed by atoms with E-state index in [2.05, 4.69) is 0 Å². The molecule has 0 radical (unpaired) electrons. The van der Waals surface area contributed by atoms with Crippen molar-refractivity contribution < 1.29 is 15.0 Å². The molecule has 80 valence electrons. The Hall–Kier alpha value is -1.55. The molecule has 0 aromatic heterocycles. The van der Waals surface area contributed by atoms with Gasteiger partial charge in [-0.3, -0.25) is 4.79 Å². The van der Waals surface area contributed by atoms with Gasteiger partial charge in [-0.05, 0) is 18.6 Å². The first-order valence-electron chi connectivity index (χ1n) is 4.85. The fourth-order valence-corrected chi connectivity index (χ4v) is 1.62. The van der Waals surface area contributed by atoms with Crippen LogP contribution in [0.2, 0.25) is 0 Å². The lowest BCUT2D eigenvalue weighted by atomic mass is 10.1. The van der Waals surface area contributed by atoms with Crippen LogP contribution in [0, 0.1) is 6.92 Å². The number of rotatable bonds is 1. The van der Waals surface area contributed by atoms with E-state index in [9.17, 15) is 9.90 Å². The number of phenolic OH excluding ortho intramolecular Hbond substituents is 1. The van der Waals surface area contributed by atoms with E-state index in [-0.39, 0.29) is 11.7 Å². The minimum Gasteiger partial charge on any atom is -0.507 e. The Morgan fingerprint density at radius 1 is 1.47 bits per heavy atom. The van der Waals surface area contributed by atoms with E-state index >= 15 is 0 Å². The Bertz CT molecular complexity index is 397. The average Bonchev–Trinajstić information content (AvgIpc) is 2.16. The third-order valence-corrected chi connectivity index (χ3v) is 2.62. The first-order valence-corrected chi connectivity index (χ1v) is 4.85. The predicted molar refractivity (Wildman–Crippen MR) is 54.8 cm³/mol. The van der Waals surface area contributed by atoms with Gasteiger partial charge < -0.3 is 15.1 Å². The summed E-state index contributed by atoms with van der Waals surface area (Å²) in [6, 6.07) is 5.07. The molecule has 1 aromatic rings. The molecule has 4 heteroatoms. The number of aryl methyl sites for hydroxylation is 1. The smallest absolute Gasteiger partial charge is 0.257 e. The second-order valence-corrected chi connectivity index (χ2v) is 3.84. The number of hydrogen-bond donors (Lipinski definition) is 2. The molecular weight excluding hydrogens is 194 g/mol. The van der Waals surface area contributed by atoms with Crippen LogP contribution in [0.5, 0.6) is 5.75 Å². The lowest BCUT2D eigenvalue weighted by molar-refractivity contribution is 0.00570. The summed E-state index contributed by atoms with van der Waals surface area (Å²) in [5.74, 6) is -0.189. The molecule has 0 spiro atoms. The first kappa shape index (κ1) is 9.98. The molecule has 1 fully saturated rings. The highest BCUT2D eigenvalue weighted by atomic mass is 16.3. The highest BCUT2D eigenvalue weighted by Gasteiger charge is 2.30. The third-order valence-electron chi connectivity index (χ3n) is 2.62. The summed E-state index contributed by atoms with van der Waals surface area (Å²) in [6.45, 7) is 2.45. The van der Waals surface area contributed by atoms with E-state index in [0.29, 0.717) is 24.2 Å². The molecule has 2 rings (SSSR count). The number of para-hydroxylation sites is 1. The molecule has 1 amide bonds. The summed E-state index contributed by atoms with van der Waals surface area (Å²) in [7, 11) is 0. The van der Waals surface area contributed by atoms with Gasteiger partial charge in [0.25, 0.3) is 5.91 Å². The number of β-amino-alcohol motifs (C(OH)–C–C–N with tert-alkyl or cyclic N) is 1. The molecule has 15 heavy (non-hydrogen) atoms. The first-order chi connectivity index (χ1) is 7.09. The Balaban J connectivity index is 2.22. The number of carbonyl (C=O) groups excluding carboxylic acids is 1. The van der Waals surface area contributed by atoms with Crippen LogP contribution in [0.1, 0.15) is 15.9 Å². The van der Waals surface area contributed by atoms with Crippen molar-refractivity contribution in [3.05, 3.63) is 29.3 Å². The minimum absolute atomic E-state index is 0.0314. The van der Waals surface area contributed by atoms with Crippen LogP contribution in [-0.2, 0) is 0 Å². The molecule has 2 N–H and O–H groups in total. The van der Waals surface area contributed by atoms with Gasteiger partial charge in [-0.15, -0.1) is 0 Å². The molecular formula is C11H13NO3. The number of amides is 1. The number of aliphatic hydroxyl groups is 1. The summed E-state index contributed by atoms with van der Waals surface area (Å²) in [4.78, 5) is 13.3. The number of hydrogen-bond acceptors (Lipinski definition) is 3. The van der Waals surface area contributed by atoms with Crippen molar-refractivity contribution >= 4 is 5.91 Å². The van der Waals surface area contributed by atoms with Crippen LogP contribution in [-0.4, -0.2) is 40.2 Å². The van der Waals surface area contributed by atoms with Crippen molar-refractivity contribution in [2.75, 3.05) is 13.1 Å². The zero-order valence-electron chi connectivity index (χ0n) is 8.47. The Kier molecular flexibility index (Phi) is 2.36. The topological polar surface area (TPSA) is 60.8 Å². The Labute approximate surface area is 87.8 Å². The molecule has 0 unspecified atom stereocenters. The summed E-state index contributed by atoms with van der Waals surface area (Å²) in [5.41, 5.74) is 0.990. The van der Waals surface area contributed by atoms with Gasteiger partial charge in [0.1, 0.15) is 5.75 Å². The minimum atomic E-state index is -0.416.